The Hall–Kier alpha value is -3.35. The van der Waals surface area contributed by atoms with Gasteiger partial charge in [0.05, 0.1) is 44.7 Å². The molecule has 42 heavy (non-hydrogen) atoms. The summed E-state index contributed by atoms with van der Waals surface area (Å²) in [6, 6.07) is 39.2. The number of hydrogen-bond acceptors (Lipinski definition) is 6. The van der Waals surface area contributed by atoms with Crippen LogP contribution in [0.3, 0.4) is 0 Å². The van der Waals surface area contributed by atoms with E-state index in [0.717, 1.165) is 22.3 Å². The minimum absolute atomic E-state index is 0.0911. The zero-order valence-electron chi connectivity index (χ0n) is 23.6. The molecule has 0 unspecified atom stereocenters. The molecule has 0 spiro atoms. The van der Waals surface area contributed by atoms with Crippen LogP contribution in [-0.2, 0) is 54.0 Å². The first-order valence-corrected chi connectivity index (χ1v) is 15.7. The second-order valence-electron chi connectivity index (χ2n) is 10.2. The van der Waals surface area contributed by atoms with Gasteiger partial charge in [-0.15, -0.1) is 0 Å². The van der Waals surface area contributed by atoms with E-state index in [1.165, 1.54) is 0 Å². The molecule has 3 atom stereocenters. The van der Waals surface area contributed by atoms with E-state index in [0.29, 0.717) is 26.1 Å². The Morgan fingerprint density at radius 3 is 1.45 bits per heavy atom. The monoisotopic (exact) mass is 584 g/mol. The van der Waals surface area contributed by atoms with Crippen LogP contribution < -0.4 is 0 Å². The number of phosphoric ester groups is 1. The minimum atomic E-state index is -4.01. The van der Waals surface area contributed by atoms with Gasteiger partial charge >= 0.3 is 7.82 Å². The van der Waals surface area contributed by atoms with Crippen molar-refractivity contribution in [1.29, 1.82) is 0 Å². The molecule has 0 heterocycles. The summed E-state index contributed by atoms with van der Waals surface area (Å²) in [7, 11) is -4.01. The lowest BCUT2D eigenvalue weighted by Crippen LogP contribution is -2.33. The van der Waals surface area contributed by atoms with Crippen molar-refractivity contribution in [3.63, 3.8) is 0 Å². The van der Waals surface area contributed by atoms with Crippen LogP contribution in [-0.4, -0.2) is 18.3 Å². The molecule has 0 bridgehead atoms. The quantitative estimate of drug-likeness (QED) is 0.110. The van der Waals surface area contributed by atoms with Crippen LogP contribution in [0.5, 0.6) is 0 Å². The molecule has 0 amide bonds. The molecule has 0 radical (unpaired) electrons. The predicted molar refractivity (Wildman–Crippen MR) is 163 cm³/mol. The fourth-order valence-corrected chi connectivity index (χ4v) is 6.02. The number of phosphoric acid groups is 1. The first-order valence-electron chi connectivity index (χ1n) is 14.3. The van der Waals surface area contributed by atoms with E-state index >= 15 is 0 Å². The normalized spacial score (nSPS) is 18.9. The molecule has 0 N–H and O–H groups in total. The van der Waals surface area contributed by atoms with Crippen molar-refractivity contribution in [3.8, 4) is 0 Å². The van der Waals surface area contributed by atoms with Crippen molar-refractivity contribution in [2.45, 2.75) is 57.6 Å². The van der Waals surface area contributed by atoms with Gasteiger partial charge in [-0.05, 0) is 28.7 Å². The van der Waals surface area contributed by atoms with E-state index < -0.39 is 20.0 Å². The molecule has 0 aromatic heterocycles. The topological polar surface area (TPSA) is 63.2 Å². The Morgan fingerprint density at radius 1 is 0.548 bits per heavy atom. The van der Waals surface area contributed by atoms with Gasteiger partial charge in [0.1, 0.15) is 0 Å². The van der Waals surface area contributed by atoms with Gasteiger partial charge in [-0.1, -0.05) is 133 Å². The lowest BCUT2D eigenvalue weighted by molar-refractivity contribution is -0.0710. The van der Waals surface area contributed by atoms with Gasteiger partial charge in [-0.2, -0.15) is 0 Å². The summed E-state index contributed by atoms with van der Waals surface area (Å²) < 4.78 is 45.0. The molecule has 7 heteroatoms. The Kier molecular flexibility index (Phi) is 11.3. The van der Waals surface area contributed by atoms with E-state index in [4.69, 9.17) is 23.0 Å². The van der Waals surface area contributed by atoms with Gasteiger partial charge in [-0.3, -0.25) is 13.6 Å². The van der Waals surface area contributed by atoms with Crippen LogP contribution in [0, 0.1) is 0 Å². The summed E-state index contributed by atoms with van der Waals surface area (Å²) in [4.78, 5) is 0. The first kappa shape index (κ1) is 30.1. The number of ether oxygens (including phenoxy) is 2. The van der Waals surface area contributed by atoms with Crippen LogP contribution >= 0.6 is 7.82 Å². The van der Waals surface area contributed by atoms with Crippen molar-refractivity contribution in [2.75, 3.05) is 0 Å². The van der Waals surface area contributed by atoms with Crippen molar-refractivity contribution in [3.05, 3.63) is 156 Å². The Bertz CT molecular complexity index is 1350. The molecule has 5 rings (SSSR count). The molecular formula is C35H37O6P. The molecule has 4 aromatic carbocycles. The highest BCUT2D eigenvalue weighted by Gasteiger charge is 2.37. The molecule has 0 saturated carbocycles. The maximum Gasteiger partial charge on any atom is 0.475 e. The van der Waals surface area contributed by atoms with E-state index in [-0.39, 0.29) is 19.3 Å². The molecule has 0 saturated heterocycles. The van der Waals surface area contributed by atoms with Crippen molar-refractivity contribution < 1.29 is 27.6 Å². The zero-order valence-corrected chi connectivity index (χ0v) is 24.5. The molecule has 4 aromatic rings. The average Bonchev–Trinajstić information content (AvgIpc) is 3.24. The summed E-state index contributed by atoms with van der Waals surface area (Å²) in [5.74, 6) is 0. The highest BCUT2D eigenvalue weighted by molar-refractivity contribution is 7.48. The second kappa shape index (κ2) is 15.8. The third-order valence-corrected chi connectivity index (χ3v) is 8.36. The third-order valence-electron chi connectivity index (χ3n) is 6.94. The van der Waals surface area contributed by atoms with Crippen molar-refractivity contribution in [2.24, 2.45) is 0 Å². The van der Waals surface area contributed by atoms with Crippen LogP contribution in [0.1, 0.15) is 35.1 Å². The standard InChI is InChI=1S/C35H37O6P/c36-42(39-27-31-18-9-3-10-19-31,40-28-32-20-11-4-12-21-32)41-34-23-13-22-33(37-25-29-14-5-1-6-15-29)24-35(34)38-26-30-16-7-2-8-17-30/h1-22,33-35H,23-28H2/t33-,34-,35-/m0/s1. The first-order chi connectivity index (χ1) is 20.7. The Labute approximate surface area is 248 Å². The molecule has 6 nitrogen and oxygen atoms in total. The third kappa shape index (κ3) is 9.60. The van der Waals surface area contributed by atoms with Crippen molar-refractivity contribution >= 4 is 7.82 Å². The molecule has 1 aliphatic carbocycles. The van der Waals surface area contributed by atoms with Gasteiger partial charge < -0.3 is 9.47 Å². The fourth-order valence-electron chi connectivity index (χ4n) is 4.66. The predicted octanol–water partition coefficient (Wildman–Crippen LogP) is 8.43. The maximum atomic E-state index is 14.2. The highest BCUT2D eigenvalue weighted by Crippen LogP contribution is 2.53. The molecule has 0 aliphatic heterocycles. The van der Waals surface area contributed by atoms with Gasteiger partial charge in [0.25, 0.3) is 0 Å². The molecule has 0 fully saturated rings. The zero-order chi connectivity index (χ0) is 28.9. The van der Waals surface area contributed by atoms with E-state index in [2.05, 4.69) is 0 Å². The van der Waals surface area contributed by atoms with Crippen LogP contribution in [0.4, 0.5) is 0 Å². The van der Waals surface area contributed by atoms with Crippen LogP contribution in [0.15, 0.2) is 133 Å². The average molecular weight is 585 g/mol. The summed E-state index contributed by atoms with van der Waals surface area (Å²) in [6.07, 6.45) is 3.84. The summed E-state index contributed by atoms with van der Waals surface area (Å²) in [6.45, 7) is 1.05. The Morgan fingerprint density at radius 2 is 0.976 bits per heavy atom. The minimum Gasteiger partial charge on any atom is -0.371 e. The number of rotatable bonds is 14. The lowest BCUT2D eigenvalue weighted by Gasteiger charge is -2.30. The molecule has 218 valence electrons. The van der Waals surface area contributed by atoms with E-state index in [1.807, 2.05) is 133 Å². The largest absolute Gasteiger partial charge is 0.475 e. The smallest absolute Gasteiger partial charge is 0.371 e. The SMILES string of the molecule is O=P(OCc1ccccc1)(OCc1ccccc1)O[C@H]1CC=C[C@H](OCc2ccccc2)C[C@@H]1OCc1ccccc1. The molecular weight excluding hydrogens is 547 g/mol. The molecule has 1 aliphatic rings. The van der Waals surface area contributed by atoms with Crippen LogP contribution in [0.25, 0.3) is 0 Å². The lowest BCUT2D eigenvalue weighted by atomic mass is 10.1. The van der Waals surface area contributed by atoms with Crippen LogP contribution in [0.2, 0.25) is 0 Å². The highest BCUT2D eigenvalue weighted by atomic mass is 31.2. The summed E-state index contributed by atoms with van der Waals surface area (Å²) >= 11 is 0. The summed E-state index contributed by atoms with van der Waals surface area (Å²) in [5.41, 5.74) is 3.88. The van der Waals surface area contributed by atoms with Gasteiger partial charge in [0, 0.05) is 6.42 Å². The fraction of sp³-hybridized carbons (Fsp3) is 0.257. The van der Waals surface area contributed by atoms with Gasteiger partial charge in [0.2, 0.25) is 0 Å². The van der Waals surface area contributed by atoms with Gasteiger partial charge in [-0.25, -0.2) is 4.57 Å². The maximum absolute atomic E-state index is 14.2. The summed E-state index contributed by atoms with van der Waals surface area (Å²) in [5, 5.41) is 0. The number of benzene rings is 4. The van der Waals surface area contributed by atoms with E-state index in [1.54, 1.807) is 0 Å². The Balaban J connectivity index is 1.32. The van der Waals surface area contributed by atoms with Crippen molar-refractivity contribution in [1.82, 2.24) is 0 Å². The van der Waals surface area contributed by atoms with Gasteiger partial charge in [0.15, 0.2) is 0 Å². The number of hydrogen-bond donors (Lipinski definition) is 0. The second-order valence-corrected chi connectivity index (χ2v) is 11.8. The van der Waals surface area contributed by atoms with E-state index in [9.17, 15) is 4.57 Å².